The van der Waals surface area contributed by atoms with E-state index in [2.05, 4.69) is 10.3 Å². The molecule has 3 rings (SSSR count). The highest BCUT2D eigenvalue weighted by Gasteiger charge is 2.22. The number of aromatic nitrogens is 1. The molecule has 1 amide bonds. The second kappa shape index (κ2) is 11.0. The van der Waals surface area contributed by atoms with E-state index >= 15 is 0 Å². The molecule has 1 atom stereocenters. The molecule has 162 valence electrons. The van der Waals surface area contributed by atoms with Crippen LogP contribution in [-0.4, -0.2) is 38.8 Å². The normalized spacial score (nSPS) is 11.5. The third-order valence-electron chi connectivity index (χ3n) is 4.71. The zero-order chi connectivity index (χ0) is 22.1. The minimum atomic E-state index is -0.489. The molecular formula is C24H26N2O5. The molecule has 0 radical (unpaired) electrons. The third kappa shape index (κ3) is 5.73. The summed E-state index contributed by atoms with van der Waals surface area (Å²) in [6.07, 6.45) is 1.08. The maximum absolute atomic E-state index is 12.4. The number of nitrogens with zero attached hydrogens (tertiary/aromatic N) is 1. The van der Waals surface area contributed by atoms with E-state index in [9.17, 15) is 4.79 Å². The molecule has 1 heterocycles. The van der Waals surface area contributed by atoms with Gasteiger partial charge < -0.3 is 24.3 Å². The van der Waals surface area contributed by atoms with Crippen molar-refractivity contribution in [2.24, 2.45) is 0 Å². The molecule has 7 heteroatoms. The van der Waals surface area contributed by atoms with Gasteiger partial charge in [-0.2, -0.15) is 0 Å². The Balaban J connectivity index is 1.81. The van der Waals surface area contributed by atoms with Crippen LogP contribution in [-0.2, 0) is 11.3 Å². The fourth-order valence-electron chi connectivity index (χ4n) is 3.12. The van der Waals surface area contributed by atoms with Crippen molar-refractivity contribution in [2.75, 3.05) is 27.9 Å². The Morgan fingerprint density at radius 2 is 1.77 bits per heavy atom. The van der Waals surface area contributed by atoms with Crippen LogP contribution in [0.1, 0.15) is 27.7 Å². The molecule has 31 heavy (non-hydrogen) atoms. The summed E-state index contributed by atoms with van der Waals surface area (Å²) in [6.45, 7) is 0.622. The van der Waals surface area contributed by atoms with E-state index in [4.69, 9.17) is 18.9 Å². The van der Waals surface area contributed by atoms with E-state index in [0.717, 1.165) is 5.56 Å². The van der Waals surface area contributed by atoms with E-state index < -0.39 is 6.10 Å². The first kappa shape index (κ1) is 22.1. The number of hydrogen-bond acceptors (Lipinski definition) is 6. The van der Waals surface area contributed by atoms with Gasteiger partial charge in [0.2, 0.25) is 0 Å². The van der Waals surface area contributed by atoms with Crippen LogP contribution in [0.15, 0.2) is 66.9 Å². The largest absolute Gasteiger partial charge is 0.493 e. The van der Waals surface area contributed by atoms with Crippen LogP contribution in [0.2, 0.25) is 0 Å². The number of nitrogens with one attached hydrogen (secondary N) is 1. The second-order valence-corrected chi connectivity index (χ2v) is 6.67. The fraction of sp³-hybridized carbons (Fsp3) is 0.250. The lowest BCUT2D eigenvalue weighted by Gasteiger charge is -2.22. The van der Waals surface area contributed by atoms with Gasteiger partial charge in [-0.15, -0.1) is 0 Å². The molecule has 0 spiro atoms. The highest BCUT2D eigenvalue weighted by molar-refractivity contribution is 5.92. The lowest BCUT2D eigenvalue weighted by atomic mass is 10.1. The summed E-state index contributed by atoms with van der Waals surface area (Å²) in [5, 5.41) is 2.85. The molecular weight excluding hydrogens is 396 g/mol. The molecule has 0 aliphatic carbocycles. The zero-order valence-corrected chi connectivity index (χ0v) is 17.8. The van der Waals surface area contributed by atoms with Gasteiger partial charge in [-0.3, -0.25) is 9.78 Å². The highest BCUT2D eigenvalue weighted by atomic mass is 16.5. The van der Waals surface area contributed by atoms with Crippen LogP contribution >= 0.6 is 0 Å². The number of benzene rings is 2. The number of amides is 1. The van der Waals surface area contributed by atoms with Crippen molar-refractivity contribution in [3.63, 3.8) is 0 Å². The maximum atomic E-state index is 12.4. The Morgan fingerprint density at radius 1 is 1.00 bits per heavy atom. The number of carbonyl (C=O) groups is 1. The van der Waals surface area contributed by atoms with E-state index in [-0.39, 0.29) is 12.5 Å². The second-order valence-electron chi connectivity index (χ2n) is 6.67. The number of pyridine rings is 1. The predicted octanol–water partition coefficient (Wildman–Crippen LogP) is 3.80. The minimum Gasteiger partial charge on any atom is -0.493 e. The Kier molecular flexibility index (Phi) is 7.84. The van der Waals surface area contributed by atoms with Gasteiger partial charge in [0.15, 0.2) is 11.5 Å². The van der Waals surface area contributed by atoms with Gasteiger partial charge in [-0.05, 0) is 23.8 Å². The van der Waals surface area contributed by atoms with Gasteiger partial charge >= 0.3 is 0 Å². The van der Waals surface area contributed by atoms with E-state index in [1.165, 1.54) is 0 Å². The average molecular weight is 422 g/mol. The third-order valence-corrected chi connectivity index (χ3v) is 4.71. The molecule has 1 aromatic heterocycles. The fourth-order valence-corrected chi connectivity index (χ4v) is 3.12. The quantitative estimate of drug-likeness (QED) is 0.536. The molecule has 1 N–H and O–H groups in total. The topological polar surface area (TPSA) is 78.9 Å². The van der Waals surface area contributed by atoms with Gasteiger partial charge in [0, 0.05) is 31.5 Å². The summed E-state index contributed by atoms with van der Waals surface area (Å²) in [5.74, 6) is 1.36. The van der Waals surface area contributed by atoms with Crippen LogP contribution in [0.5, 0.6) is 17.2 Å². The molecule has 2 aromatic carbocycles. The lowest BCUT2D eigenvalue weighted by Crippen LogP contribution is -2.30. The van der Waals surface area contributed by atoms with Gasteiger partial charge in [-0.1, -0.05) is 36.4 Å². The Hall–Kier alpha value is -3.58. The van der Waals surface area contributed by atoms with Crippen molar-refractivity contribution >= 4 is 5.91 Å². The van der Waals surface area contributed by atoms with Gasteiger partial charge in [0.25, 0.3) is 5.91 Å². The standard InChI is InChI=1S/C24H26N2O5/c1-28-21-14-18(31-16-17-9-5-4-6-10-17)13-19(23(21)30-3)22(29-2)15-26-24(27)20-11-7-8-12-25-20/h4-14,22H,15-16H2,1-3H3,(H,26,27). The van der Waals surface area contributed by atoms with E-state index in [0.29, 0.717) is 35.1 Å². The Bertz CT molecular complexity index is 980. The molecule has 0 aliphatic rings. The van der Waals surface area contributed by atoms with Gasteiger partial charge in [-0.25, -0.2) is 0 Å². The summed E-state index contributed by atoms with van der Waals surface area (Å²) in [6, 6.07) is 18.6. The summed E-state index contributed by atoms with van der Waals surface area (Å²) >= 11 is 0. The molecule has 1 unspecified atom stereocenters. The van der Waals surface area contributed by atoms with Crippen molar-refractivity contribution in [1.29, 1.82) is 0 Å². The number of rotatable bonds is 10. The molecule has 7 nitrogen and oxygen atoms in total. The number of hydrogen-bond donors (Lipinski definition) is 1. The smallest absolute Gasteiger partial charge is 0.269 e. The maximum Gasteiger partial charge on any atom is 0.269 e. The number of carbonyl (C=O) groups excluding carboxylic acids is 1. The summed E-state index contributed by atoms with van der Waals surface area (Å²) in [4.78, 5) is 16.5. The van der Waals surface area contributed by atoms with Crippen molar-refractivity contribution in [3.8, 4) is 17.2 Å². The molecule has 0 aliphatic heterocycles. The summed E-state index contributed by atoms with van der Waals surface area (Å²) < 4.78 is 22.7. The van der Waals surface area contributed by atoms with Gasteiger partial charge in [0.1, 0.15) is 24.2 Å². The monoisotopic (exact) mass is 422 g/mol. The van der Waals surface area contributed by atoms with Crippen molar-refractivity contribution in [2.45, 2.75) is 12.7 Å². The molecule has 0 bridgehead atoms. The number of methoxy groups -OCH3 is 3. The molecule has 0 saturated carbocycles. The van der Waals surface area contributed by atoms with Crippen LogP contribution in [0.3, 0.4) is 0 Å². The summed E-state index contributed by atoms with van der Waals surface area (Å²) in [7, 11) is 4.69. The van der Waals surface area contributed by atoms with Crippen molar-refractivity contribution in [1.82, 2.24) is 10.3 Å². The van der Waals surface area contributed by atoms with Gasteiger partial charge in [0.05, 0.1) is 14.2 Å². The van der Waals surface area contributed by atoms with E-state index in [1.807, 2.05) is 36.4 Å². The Morgan fingerprint density at radius 3 is 2.42 bits per heavy atom. The highest BCUT2D eigenvalue weighted by Crippen LogP contribution is 2.39. The van der Waals surface area contributed by atoms with E-state index in [1.54, 1.807) is 51.8 Å². The summed E-state index contributed by atoms with van der Waals surface area (Å²) in [5.41, 5.74) is 2.08. The molecule has 3 aromatic rings. The first-order valence-electron chi connectivity index (χ1n) is 9.81. The first-order chi connectivity index (χ1) is 15.2. The van der Waals surface area contributed by atoms with Crippen LogP contribution in [0.4, 0.5) is 0 Å². The van der Waals surface area contributed by atoms with Crippen LogP contribution in [0.25, 0.3) is 0 Å². The lowest BCUT2D eigenvalue weighted by molar-refractivity contribution is 0.0813. The first-order valence-corrected chi connectivity index (χ1v) is 9.81. The zero-order valence-electron chi connectivity index (χ0n) is 17.8. The average Bonchev–Trinajstić information content (AvgIpc) is 2.83. The van der Waals surface area contributed by atoms with Crippen molar-refractivity contribution < 1.29 is 23.7 Å². The van der Waals surface area contributed by atoms with Crippen LogP contribution < -0.4 is 19.5 Å². The minimum absolute atomic E-state index is 0.216. The van der Waals surface area contributed by atoms with Crippen LogP contribution in [0, 0.1) is 0 Å². The van der Waals surface area contributed by atoms with Crippen molar-refractivity contribution in [3.05, 3.63) is 83.7 Å². The number of ether oxygens (including phenoxy) is 4. The molecule has 0 fully saturated rings. The predicted molar refractivity (Wildman–Crippen MR) is 117 cm³/mol. The Labute approximate surface area is 181 Å². The SMILES string of the molecule is COc1cc(OCc2ccccc2)cc(C(CNC(=O)c2ccccn2)OC)c1OC. The molecule has 0 saturated heterocycles.